The van der Waals surface area contributed by atoms with Crippen LogP contribution in [0.3, 0.4) is 0 Å². The Morgan fingerprint density at radius 3 is 2.77 bits per heavy atom. The monoisotopic (exact) mass is 346 g/mol. The van der Waals surface area contributed by atoms with Crippen LogP contribution in [0.25, 0.3) is 0 Å². The maximum atomic E-state index is 12.1. The average Bonchev–Trinajstić information content (AvgIpc) is 2.76. The van der Waals surface area contributed by atoms with Crippen molar-refractivity contribution in [2.75, 3.05) is 24.3 Å². The molecule has 0 spiro atoms. The molecule has 0 radical (unpaired) electrons. The summed E-state index contributed by atoms with van der Waals surface area (Å²) in [5, 5.41) is 5.18. The molecule has 22 heavy (non-hydrogen) atoms. The number of nitrogens with zero attached hydrogens (tertiary/aromatic N) is 1. The molecule has 1 heterocycles. The molecular weight excluding hydrogens is 332 g/mol. The van der Waals surface area contributed by atoms with Gasteiger partial charge in [-0.15, -0.1) is 0 Å². The van der Waals surface area contributed by atoms with Gasteiger partial charge in [-0.25, -0.2) is 18.4 Å². The molecule has 7 nitrogen and oxygen atoms in total. The quantitative estimate of drug-likeness (QED) is 0.810. The van der Waals surface area contributed by atoms with Gasteiger partial charge in [-0.2, -0.15) is 0 Å². The molecule has 0 bridgehead atoms. The first-order chi connectivity index (χ1) is 10.2. The van der Waals surface area contributed by atoms with E-state index in [2.05, 4.69) is 4.74 Å². The van der Waals surface area contributed by atoms with Crippen LogP contribution in [0.1, 0.15) is 16.8 Å². The summed E-state index contributed by atoms with van der Waals surface area (Å²) in [6.07, 6.45) is 0.0452. The van der Waals surface area contributed by atoms with E-state index in [1.807, 2.05) is 0 Å². The molecule has 1 atom stereocenters. The van der Waals surface area contributed by atoms with E-state index in [-0.39, 0.29) is 35.2 Å². The van der Waals surface area contributed by atoms with Crippen molar-refractivity contribution in [2.45, 2.75) is 6.42 Å². The molecule has 2 rings (SSSR count). The Balaban J connectivity index is 2.35. The maximum Gasteiger partial charge on any atom is 0.341 e. The third-order valence-electron chi connectivity index (χ3n) is 3.35. The molecule has 1 aromatic rings. The minimum atomic E-state index is -3.67. The van der Waals surface area contributed by atoms with Gasteiger partial charge in [0.2, 0.25) is 15.9 Å². The summed E-state index contributed by atoms with van der Waals surface area (Å²) < 4.78 is 27.0. The van der Waals surface area contributed by atoms with Crippen molar-refractivity contribution in [3.8, 4) is 0 Å². The van der Waals surface area contributed by atoms with Crippen LogP contribution in [-0.2, 0) is 19.6 Å². The van der Waals surface area contributed by atoms with Gasteiger partial charge in [0.25, 0.3) is 0 Å². The molecule has 120 valence electrons. The fourth-order valence-corrected chi connectivity index (χ4v) is 3.62. The summed E-state index contributed by atoms with van der Waals surface area (Å²) in [7, 11) is -2.46. The fourth-order valence-electron chi connectivity index (χ4n) is 2.50. The molecule has 1 saturated heterocycles. The molecule has 0 aliphatic carbocycles. The standard InChI is InChI=1S/C13H15ClN2O5S/c1-21-13(18)12-9(14)3-2-4-10(12)16-6-8(5-11(16)17)7-22(15,19)20/h2-4,8H,5-7H2,1H3,(H2,15,19,20). The summed E-state index contributed by atoms with van der Waals surface area (Å²) in [5.74, 6) is -1.67. The number of nitrogens with two attached hydrogens (primary N) is 1. The number of halogens is 1. The number of primary sulfonamides is 1. The summed E-state index contributed by atoms with van der Waals surface area (Å²) in [4.78, 5) is 25.4. The van der Waals surface area contributed by atoms with E-state index < -0.39 is 21.9 Å². The fraction of sp³-hybridized carbons (Fsp3) is 0.385. The van der Waals surface area contributed by atoms with Gasteiger partial charge in [0.15, 0.2) is 0 Å². The molecular formula is C13H15ClN2O5S. The first-order valence-electron chi connectivity index (χ1n) is 6.40. The summed E-state index contributed by atoms with van der Waals surface area (Å²) >= 11 is 6.02. The molecule has 0 saturated carbocycles. The molecule has 1 fully saturated rings. The zero-order chi connectivity index (χ0) is 16.5. The third kappa shape index (κ3) is 3.57. The maximum absolute atomic E-state index is 12.1. The van der Waals surface area contributed by atoms with Crippen LogP contribution in [0.2, 0.25) is 5.02 Å². The van der Waals surface area contributed by atoms with E-state index >= 15 is 0 Å². The minimum absolute atomic E-state index is 0.0452. The lowest BCUT2D eigenvalue weighted by Crippen LogP contribution is -2.29. The van der Waals surface area contributed by atoms with E-state index in [0.717, 1.165) is 0 Å². The van der Waals surface area contributed by atoms with Crippen molar-refractivity contribution in [1.82, 2.24) is 0 Å². The van der Waals surface area contributed by atoms with Crippen molar-refractivity contribution < 1.29 is 22.7 Å². The highest BCUT2D eigenvalue weighted by Gasteiger charge is 2.35. The number of anilines is 1. The third-order valence-corrected chi connectivity index (χ3v) is 4.60. The van der Waals surface area contributed by atoms with Crippen molar-refractivity contribution in [1.29, 1.82) is 0 Å². The van der Waals surface area contributed by atoms with Gasteiger partial charge in [0.05, 0.1) is 23.6 Å². The van der Waals surface area contributed by atoms with Crippen LogP contribution in [0.4, 0.5) is 5.69 Å². The SMILES string of the molecule is COC(=O)c1c(Cl)cccc1N1CC(CS(N)(=O)=O)CC1=O. The van der Waals surface area contributed by atoms with E-state index in [1.165, 1.54) is 18.1 Å². The van der Waals surface area contributed by atoms with E-state index in [0.29, 0.717) is 5.69 Å². The number of hydrogen-bond donors (Lipinski definition) is 1. The molecule has 1 amide bonds. The normalized spacial score (nSPS) is 18.6. The van der Waals surface area contributed by atoms with Crippen molar-refractivity contribution in [3.05, 3.63) is 28.8 Å². The zero-order valence-electron chi connectivity index (χ0n) is 11.8. The molecule has 1 aliphatic rings. The number of rotatable bonds is 4. The number of carbonyl (C=O) groups excluding carboxylic acids is 2. The van der Waals surface area contributed by atoms with Crippen molar-refractivity contribution in [2.24, 2.45) is 11.1 Å². The summed E-state index contributed by atoms with van der Waals surface area (Å²) in [5.41, 5.74) is 0.387. The molecule has 0 aromatic heterocycles. The number of hydrogen-bond acceptors (Lipinski definition) is 5. The van der Waals surface area contributed by atoms with Crippen LogP contribution < -0.4 is 10.0 Å². The van der Waals surface area contributed by atoms with E-state index in [9.17, 15) is 18.0 Å². The van der Waals surface area contributed by atoms with Crippen molar-refractivity contribution in [3.63, 3.8) is 0 Å². The number of carbonyl (C=O) groups is 2. The van der Waals surface area contributed by atoms with Crippen LogP contribution in [0.5, 0.6) is 0 Å². The second kappa shape index (κ2) is 6.23. The van der Waals surface area contributed by atoms with E-state index in [4.69, 9.17) is 16.7 Å². The Morgan fingerprint density at radius 2 is 2.18 bits per heavy atom. The van der Waals surface area contributed by atoms with E-state index in [1.54, 1.807) is 12.1 Å². The minimum Gasteiger partial charge on any atom is -0.465 e. The van der Waals surface area contributed by atoms with Crippen LogP contribution in [0.15, 0.2) is 18.2 Å². The van der Waals surface area contributed by atoms with Crippen LogP contribution in [0, 0.1) is 5.92 Å². The molecule has 9 heteroatoms. The number of sulfonamides is 1. The predicted molar refractivity (Wildman–Crippen MR) is 81.2 cm³/mol. The number of amides is 1. The van der Waals surface area contributed by atoms with Gasteiger partial charge in [-0.1, -0.05) is 17.7 Å². The number of methoxy groups -OCH3 is 1. The van der Waals surface area contributed by atoms with Crippen molar-refractivity contribution >= 4 is 39.2 Å². The Hall–Kier alpha value is -1.64. The zero-order valence-corrected chi connectivity index (χ0v) is 13.4. The largest absolute Gasteiger partial charge is 0.465 e. The lowest BCUT2D eigenvalue weighted by atomic mass is 10.1. The molecule has 2 N–H and O–H groups in total. The summed E-state index contributed by atoms with van der Waals surface area (Å²) in [6.45, 7) is 0.152. The topological polar surface area (TPSA) is 107 Å². The first-order valence-corrected chi connectivity index (χ1v) is 8.50. The number of esters is 1. The second-order valence-corrected chi connectivity index (χ2v) is 7.10. The Kier molecular flexibility index (Phi) is 4.74. The lowest BCUT2D eigenvalue weighted by Gasteiger charge is -2.20. The first kappa shape index (κ1) is 16.7. The highest BCUT2D eigenvalue weighted by atomic mass is 35.5. The van der Waals surface area contributed by atoms with Gasteiger partial charge in [-0.05, 0) is 12.1 Å². The number of benzene rings is 1. The molecule has 1 unspecified atom stereocenters. The van der Waals surface area contributed by atoms with Gasteiger partial charge in [0, 0.05) is 18.9 Å². The average molecular weight is 347 g/mol. The highest BCUT2D eigenvalue weighted by molar-refractivity contribution is 7.89. The lowest BCUT2D eigenvalue weighted by molar-refractivity contribution is -0.117. The number of ether oxygens (including phenoxy) is 1. The molecule has 1 aromatic carbocycles. The van der Waals surface area contributed by atoms with Gasteiger partial charge in [0.1, 0.15) is 5.56 Å². The van der Waals surface area contributed by atoms with Gasteiger partial charge >= 0.3 is 5.97 Å². The smallest absolute Gasteiger partial charge is 0.341 e. The Bertz CT molecular complexity index is 719. The van der Waals surface area contributed by atoms with Gasteiger partial charge in [-0.3, -0.25) is 4.79 Å². The second-order valence-electron chi connectivity index (χ2n) is 5.03. The highest BCUT2D eigenvalue weighted by Crippen LogP contribution is 2.32. The summed E-state index contributed by atoms with van der Waals surface area (Å²) in [6, 6.07) is 4.68. The van der Waals surface area contributed by atoms with Crippen LogP contribution in [-0.4, -0.2) is 39.7 Å². The predicted octanol–water partition coefficient (Wildman–Crippen LogP) is 0.768. The molecule has 1 aliphatic heterocycles. The van der Waals surface area contributed by atoms with Gasteiger partial charge < -0.3 is 9.64 Å². The van der Waals surface area contributed by atoms with Crippen LogP contribution >= 0.6 is 11.6 Å². The Morgan fingerprint density at radius 1 is 1.50 bits per heavy atom. The Labute approximate surface area is 133 Å².